The third-order valence-corrected chi connectivity index (χ3v) is 2.96. The summed E-state index contributed by atoms with van der Waals surface area (Å²) in [5.74, 6) is -0.702. The second-order valence-electron chi connectivity index (χ2n) is 5.90. The number of aryl methyl sites for hydroxylation is 2. The number of methoxy groups -OCH3 is 1. The van der Waals surface area contributed by atoms with Gasteiger partial charge in [0, 0.05) is 7.05 Å². The summed E-state index contributed by atoms with van der Waals surface area (Å²) in [5, 5.41) is 14.6. The van der Waals surface area contributed by atoms with Crippen LogP contribution < -0.4 is 4.74 Å². The largest absolute Gasteiger partial charge is 0.481 e. The Kier molecular flexibility index (Phi) is 4.81. The maximum absolute atomic E-state index is 12.0. The van der Waals surface area contributed by atoms with Crippen LogP contribution in [0.4, 0.5) is 0 Å². The maximum Gasteiger partial charge on any atom is 0.312 e. The van der Waals surface area contributed by atoms with Gasteiger partial charge in [0.05, 0.1) is 30.4 Å². The first-order valence-corrected chi connectivity index (χ1v) is 6.57. The Balaban J connectivity index is 3.00. The van der Waals surface area contributed by atoms with Crippen molar-refractivity contribution in [3.8, 4) is 5.88 Å². The predicted octanol–water partition coefficient (Wildman–Crippen LogP) is 1.75. The lowest BCUT2D eigenvalue weighted by Gasteiger charge is -2.24. The number of carbonyl (C=O) groups excluding carboxylic acids is 1. The third-order valence-electron chi connectivity index (χ3n) is 2.96. The lowest BCUT2D eigenvalue weighted by atomic mass is 9.97. The van der Waals surface area contributed by atoms with E-state index in [1.54, 1.807) is 41.7 Å². The van der Waals surface area contributed by atoms with Crippen LogP contribution >= 0.6 is 0 Å². The average molecular weight is 284 g/mol. The molecular formula is C14H24N2O4. The van der Waals surface area contributed by atoms with E-state index in [4.69, 9.17) is 9.47 Å². The van der Waals surface area contributed by atoms with E-state index in [2.05, 4.69) is 5.10 Å². The van der Waals surface area contributed by atoms with Gasteiger partial charge in [-0.1, -0.05) is 0 Å². The van der Waals surface area contributed by atoms with Crippen molar-refractivity contribution < 1.29 is 19.4 Å². The van der Waals surface area contributed by atoms with Crippen molar-refractivity contribution in [1.82, 2.24) is 9.78 Å². The van der Waals surface area contributed by atoms with Gasteiger partial charge in [0.1, 0.15) is 5.60 Å². The van der Waals surface area contributed by atoms with Gasteiger partial charge in [0.2, 0.25) is 5.88 Å². The molecule has 1 aromatic heterocycles. The molecule has 0 spiro atoms. The molecule has 20 heavy (non-hydrogen) atoms. The monoisotopic (exact) mass is 284 g/mol. The van der Waals surface area contributed by atoms with Crippen LogP contribution in [0, 0.1) is 12.8 Å². The van der Waals surface area contributed by atoms with E-state index in [9.17, 15) is 9.90 Å². The van der Waals surface area contributed by atoms with Crippen LogP contribution in [0.3, 0.4) is 0 Å². The van der Waals surface area contributed by atoms with E-state index in [1.807, 2.05) is 0 Å². The van der Waals surface area contributed by atoms with E-state index in [0.717, 1.165) is 0 Å². The molecular weight excluding hydrogens is 260 g/mol. The minimum Gasteiger partial charge on any atom is -0.481 e. The van der Waals surface area contributed by atoms with Crippen LogP contribution in [0.25, 0.3) is 0 Å². The minimum atomic E-state index is -1.02. The third kappa shape index (κ3) is 3.50. The van der Waals surface area contributed by atoms with Crippen molar-refractivity contribution in [2.75, 3.05) is 7.11 Å². The second-order valence-corrected chi connectivity index (χ2v) is 5.90. The Morgan fingerprint density at radius 2 is 1.95 bits per heavy atom. The first-order valence-electron chi connectivity index (χ1n) is 6.57. The maximum atomic E-state index is 12.0. The molecule has 2 unspecified atom stereocenters. The number of aliphatic hydroxyl groups is 1. The van der Waals surface area contributed by atoms with E-state index in [-0.39, 0.29) is 0 Å². The molecule has 0 fully saturated rings. The summed E-state index contributed by atoms with van der Waals surface area (Å²) in [4.78, 5) is 12.0. The Bertz CT molecular complexity index is 488. The Morgan fingerprint density at radius 1 is 1.40 bits per heavy atom. The molecule has 0 aliphatic carbocycles. The van der Waals surface area contributed by atoms with Gasteiger partial charge < -0.3 is 14.6 Å². The van der Waals surface area contributed by atoms with Gasteiger partial charge >= 0.3 is 5.97 Å². The smallest absolute Gasteiger partial charge is 0.312 e. The van der Waals surface area contributed by atoms with E-state index in [0.29, 0.717) is 17.1 Å². The summed E-state index contributed by atoms with van der Waals surface area (Å²) in [6.45, 7) is 8.77. The topological polar surface area (TPSA) is 73.6 Å². The summed E-state index contributed by atoms with van der Waals surface area (Å²) < 4.78 is 12.1. The lowest BCUT2D eigenvalue weighted by molar-refractivity contribution is -0.163. The molecule has 1 rings (SSSR count). The van der Waals surface area contributed by atoms with Crippen molar-refractivity contribution in [3.05, 3.63) is 11.3 Å². The number of carbonyl (C=O) groups is 1. The first-order chi connectivity index (χ1) is 9.08. The molecule has 0 aliphatic heterocycles. The Labute approximate surface area is 119 Å². The number of hydrogen-bond donors (Lipinski definition) is 1. The van der Waals surface area contributed by atoms with Crippen molar-refractivity contribution in [2.45, 2.75) is 46.3 Å². The second kappa shape index (κ2) is 5.83. The zero-order chi connectivity index (χ0) is 15.7. The average Bonchev–Trinajstić information content (AvgIpc) is 2.59. The molecule has 0 amide bonds. The minimum absolute atomic E-state index is 0.449. The summed E-state index contributed by atoms with van der Waals surface area (Å²) in [6, 6.07) is 0. The van der Waals surface area contributed by atoms with Crippen molar-refractivity contribution in [1.29, 1.82) is 0 Å². The summed E-state index contributed by atoms with van der Waals surface area (Å²) in [7, 11) is 3.23. The Morgan fingerprint density at radius 3 is 2.40 bits per heavy atom. The molecule has 114 valence electrons. The molecule has 0 bridgehead atoms. The molecule has 1 N–H and O–H groups in total. The molecule has 1 aromatic rings. The molecule has 1 heterocycles. The molecule has 0 aliphatic rings. The number of esters is 1. The van der Waals surface area contributed by atoms with Crippen LogP contribution in [0.2, 0.25) is 0 Å². The molecule has 2 atom stereocenters. The van der Waals surface area contributed by atoms with Crippen LogP contribution in [0.5, 0.6) is 5.88 Å². The number of ether oxygens (including phenoxy) is 2. The first kappa shape index (κ1) is 16.5. The normalized spacial score (nSPS) is 14.8. The summed E-state index contributed by atoms with van der Waals surface area (Å²) >= 11 is 0. The van der Waals surface area contributed by atoms with E-state index in [1.165, 1.54) is 11.8 Å². The van der Waals surface area contributed by atoms with Gasteiger partial charge in [-0.15, -0.1) is 0 Å². The van der Waals surface area contributed by atoms with Gasteiger partial charge in [-0.3, -0.25) is 4.79 Å². The number of aliphatic hydroxyl groups excluding tert-OH is 1. The fraction of sp³-hybridized carbons (Fsp3) is 0.714. The molecule has 6 heteroatoms. The fourth-order valence-electron chi connectivity index (χ4n) is 2.01. The molecule has 0 aromatic carbocycles. The lowest BCUT2D eigenvalue weighted by Crippen LogP contribution is -2.30. The summed E-state index contributed by atoms with van der Waals surface area (Å²) in [6.07, 6.45) is -1.02. The van der Waals surface area contributed by atoms with Gasteiger partial charge in [-0.25, -0.2) is 4.68 Å². The van der Waals surface area contributed by atoms with Crippen LogP contribution in [0.15, 0.2) is 0 Å². The van der Waals surface area contributed by atoms with Crippen LogP contribution in [-0.4, -0.2) is 33.6 Å². The predicted molar refractivity (Wildman–Crippen MR) is 74.5 cm³/mol. The number of hydrogen-bond acceptors (Lipinski definition) is 5. The van der Waals surface area contributed by atoms with Gasteiger partial charge in [0.25, 0.3) is 0 Å². The van der Waals surface area contributed by atoms with Gasteiger partial charge in [-0.2, -0.15) is 5.10 Å². The van der Waals surface area contributed by atoms with Crippen LogP contribution in [0.1, 0.15) is 45.1 Å². The molecule has 0 saturated heterocycles. The van der Waals surface area contributed by atoms with Crippen LogP contribution in [-0.2, 0) is 16.6 Å². The standard InChI is InChI=1S/C14H24N2O4/c1-8(13(18)20-14(3,4)5)11(17)10-9(2)15-16(6)12(10)19-7/h8,11,17H,1-7H3. The summed E-state index contributed by atoms with van der Waals surface area (Å²) in [5.41, 5.74) is 0.569. The Hall–Kier alpha value is -1.56. The molecule has 6 nitrogen and oxygen atoms in total. The highest BCUT2D eigenvalue weighted by atomic mass is 16.6. The SMILES string of the molecule is COc1c(C(O)C(C)C(=O)OC(C)(C)C)c(C)nn1C. The fourth-order valence-corrected chi connectivity index (χ4v) is 2.01. The van der Waals surface area contributed by atoms with Crippen molar-refractivity contribution in [2.24, 2.45) is 13.0 Å². The zero-order valence-electron chi connectivity index (χ0n) is 13.2. The molecule has 0 radical (unpaired) electrons. The number of rotatable bonds is 4. The quantitative estimate of drug-likeness (QED) is 0.853. The number of aromatic nitrogens is 2. The zero-order valence-corrected chi connectivity index (χ0v) is 13.2. The van der Waals surface area contributed by atoms with Gasteiger partial charge in [-0.05, 0) is 34.6 Å². The molecule has 0 saturated carbocycles. The van der Waals surface area contributed by atoms with E-state index >= 15 is 0 Å². The van der Waals surface area contributed by atoms with E-state index < -0.39 is 23.6 Å². The van der Waals surface area contributed by atoms with Gasteiger partial charge in [0.15, 0.2) is 0 Å². The highest BCUT2D eigenvalue weighted by Crippen LogP contribution is 2.33. The van der Waals surface area contributed by atoms with Crippen molar-refractivity contribution in [3.63, 3.8) is 0 Å². The van der Waals surface area contributed by atoms with Crippen molar-refractivity contribution >= 4 is 5.97 Å². The number of nitrogens with zero attached hydrogens (tertiary/aromatic N) is 2. The highest BCUT2D eigenvalue weighted by Gasteiger charge is 2.32. The highest BCUT2D eigenvalue weighted by molar-refractivity contribution is 5.73.